The molecule has 0 spiro atoms. The standard InChI is InChI=1S/C22H20F3N3O5/c1-32-20-18-22(31)28-11-2-3-12(6-11)33-17(28)9-27(18)8-14(19(20)29)21(30)26-7-13-15(24)4-10(23)5-16(13)25/h4-5,8,11-12,17H,2-3,6-7,9H2,1H3,(H,26,30)/t11?,12-,17?/m0/s1. The van der Waals surface area contributed by atoms with Crippen molar-refractivity contribution in [2.24, 2.45) is 0 Å². The van der Waals surface area contributed by atoms with E-state index in [-0.39, 0.29) is 35.7 Å². The molecule has 2 aromatic rings. The Morgan fingerprint density at radius 2 is 1.94 bits per heavy atom. The fourth-order valence-corrected chi connectivity index (χ4v) is 4.89. The third kappa shape index (κ3) is 3.47. The number of fused-ring (bicyclic) bond motifs is 5. The lowest BCUT2D eigenvalue weighted by molar-refractivity contribution is -0.132. The number of carbonyl (C=O) groups is 2. The van der Waals surface area contributed by atoms with Gasteiger partial charge in [0.2, 0.25) is 5.43 Å². The minimum atomic E-state index is -1.16. The zero-order valence-electron chi connectivity index (χ0n) is 17.6. The summed E-state index contributed by atoms with van der Waals surface area (Å²) >= 11 is 0. The molecule has 2 aliphatic heterocycles. The van der Waals surface area contributed by atoms with Gasteiger partial charge in [0.15, 0.2) is 17.7 Å². The lowest BCUT2D eigenvalue weighted by Crippen LogP contribution is -2.57. The third-order valence-corrected chi connectivity index (χ3v) is 6.42. The number of halogens is 3. The number of ether oxygens (including phenoxy) is 2. The van der Waals surface area contributed by atoms with E-state index in [1.165, 1.54) is 17.9 Å². The van der Waals surface area contributed by atoms with Crippen molar-refractivity contribution in [2.75, 3.05) is 7.11 Å². The summed E-state index contributed by atoms with van der Waals surface area (Å²) in [7, 11) is 1.22. The van der Waals surface area contributed by atoms with Crippen LogP contribution in [0.2, 0.25) is 0 Å². The fourth-order valence-electron chi connectivity index (χ4n) is 4.89. The molecular formula is C22H20F3N3O5. The van der Waals surface area contributed by atoms with Crippen molar-refractivity contribution in [1.29, 1.82) is 0 Å². The number of aromatic nitrogens is 1. The Bertz CT molecular complexity index is 1210. The predicted octanol–water partition coefficient (Wildman–Crippen LogP) is 1.94. The van der Waals surface area contributed by atoms with Crippen LogP contribution in [0, 0.1) is 17.5 Å². The second kappa shape index (κ2) is 7.91. The summed E-state index contributed by atoms with van der Waals surface area (Å²) in [5.74, 6) is -5.03. The van der Waals surface area contributed by atoms with Gasteiger partial charge >= 0.3 is 0 Å². The van der Waals surface area contributed by atoms with E-state index in [0.29, 0.717) is 12.1 Å². The maximum atomic E-state index is 13.9. The number of nitrogens with one attached hydrogen (secondary N) is 1. The summed E-state index contributed by atoms with van der Waals surface area (Å²) in [5.41, 5.74) is -1.71. The second-order valence-corrected chi connectivity index (χ2v) is 8.33. The molecule has 2 bridgehead atoms. The van der Waals surface area contributed by atoms with Gasteiger partial charge in [-0.05, 0) is 19.3 Å². The van der Waals surface area contributed by atoms with Gasteiger partial charge in [0.1, 0.15) is 23.0 Å². The van der Waals surface area contributed by atoms with Gasteiger partial charge < -0.3 is 24.3 Å². The lowest BCUT2D eigenvalue weighted by Gasteiger charge is -2.44. The maximum Gasteiger partial charge on any atom is 0.276 e. The van der Waals surface area contributed by atoms with Crippen molar-refractivity contribution >= 4 is 11.8 Å². The molecule has 2 amide bonds. The van der Waals surface area contributed by atoms with Crippen LogP contribution in [0.5, 0.6) is 5.75 Å². The summed E-state index contributed by atoms with van der Waals surface area (Å²) in [6, 6.07) is 1.02. The van der Waals surface area contributed by atoms with Crippen LogP contribution >= 0.6 is 0 Å². The minimum Gasteiger partial charge on any atom is -0.491 e. The average molecular weight is 463 g/mol. The van der Waals surface area contributed by atoms with E-state index in [0.717, 1.165) is 19.3 Å². The normalized spacial score (nSPS) is 23.2. The van der Waals surface area contributed by atoms with Gasteiger partial charge in [-0.3, -0.25) is 14.4 Å². The van der Waals surface area contributed by atoms with Crippen molar-refractivity contribution in [3.8, 4) is 5.75 Å². The van der Waals surface area contributed by atoms with Gasteiger partial charge in [-0.2, -0.15) is 0 Å². The van der Waals surface area contributed by atoms with Crippen LogP contribution in [0.4, 0.5) is 13.2 Å². The molecule has 8 nitrogen and oxygen atoms in total. The molecule has 1 saturated carbocycles. The number of nitrogens with zero attached hydrogens (tertiary/aromatic N) is 2. The molecule has 5 rings (SSSR count). The first-order valence-corrected chi connectivity index (χ1v) is 10.5. The van der Waals surface area contributed by atoms with Crippen LogP contribution in [0.3, 0.4) is 0 Å². The Kier molecular flexibility index (Phi) is 5.15. The largest absolute Gasteiger partial charge is 0.491 e. The molecule has 2 fully saturated rings. The highest BCUT2D eigenvalue weighted by Gasteiger charge is 2.47. The number of pyridine rings is 1. The molecule has 33 heavy (non-hydrogen) atoms. The van der Waals surface area contributed by atoms with Crippen molar-refractivity contribution in [3.63, 3.8) is 0 Å². The van der Waals surface area contributed by atoms with E-state index >= 15 is 0 Å². The monoisotopic (exact) mass is 463 g/mol. The van der Waals surface area contributed by atoms with Crippen LogP contribution in [0.25, 0.3) is 0 Å². The summed E-state index contributed by atoms with van der Waals surface area (Å²) in [5, 5.41) is 2.27. The molecule has 174 valence electrons. The number of carbonyl (C=O) groups excluding carboxylic acids is 2. The Hall–Kier alpha value is -3.34. The van der Waals surface area contributed by atoms with E-state index in [1.54, 1.807) is 4.90 Å². The van der Waals surface area contributed by atoms with E-state index in [9.17, 15) is 27.6 Å². The second-order valence-electron chi connectivity index (χ2n) is 8.33. The van der Waals surface area contributed by atoms with Gasteiger partial charge in [0.05, 0.1) is 19.8 Å². The first kappa shape index (κ1) is 21.5. The van der Waals surface area contributed by atoms with Gasteiger partial charge in [-0.15, -0.1) is 0 Å². The first-order valence-electron chi connectivity index (χ1n) is 10.5. The smallest absolute Gasteiger partial charge is 0.276 e. The van der Waals surface area contributed by atoms with Crippen molar-refractivity contribution in [3.05, 3.63) is 62.8 Å². The SMILES string of the molecule is COc1c2n(cc(C(=O)NCc3c(F)cc(F)cc3F)c1=O)CC1O[C@H]3CCC(C3)N1C2=O. The van der Waals surface area contributed by atoms with Gasteiger partial charge in [0, 0.05) is 36.5 Å². The Balaban J connectivity index is 1.47. The Morgan fingerprint density at radius 3 is 2.64 bits per heavy atom. The summed E-state index contributed by atoms with van der Waals surface area (Å²) in [6.07, 6.45) is 3.17. The zero-order valence-corrected chi connectivity index (χ0v) is 17.6. The fraction of sp³-hybridized carbons (Fsp3) is 0.409. The number of amides is 2. The molecule has 3 aliphatic rings. The molecule has 1 saturated heterocycles. The molecule has 1 aromatic carbocycles. The molecule has 2 unspecified atom stereocenters. The number of hydrogen-bond donors (Lipinski definition) is 1. The van der Waals surface area contributed by atoms with Crippen LogP contribution in [0.1, 0.15) is 45.7 Å². The van der Waals surface area contributed by atoms with Crippen LogP contribution in [-0.4, -0.2) is 46.8 Å². The Labute approximate surface area is 185 Å². The van der Waals surface area contributed by atoms with Gasteiger partial charge in [-0.25, -0.2) is 13.2 Å². The first-order chi connectivity index (χ1) is 15.8. The summed E-state index contributed by atoms with van der Waals surface area (Å²) in [4.78, 5) is 40.6. The minimum absolute atomic E-state index is 0.0262. The maximum absolute atomic E-state index is 13.9. The number of benzene rings is 1. The van der Waals surface area contributed by atoms with Gasteiger partial charge in [-0.1, -0.05) is 0 Å². The highest BCUT2D eigenvalue weighted by molar-refractivity contribution is 5.99. The van der Waals surface area contributed by atoms with Crippen LogP contribution < -0.4 is 15.5 Å². The number of methoxy groups -OCH3 is 1. The molecule has 11 heteroatoms. The molecule has 3 heterocycles. The molecule has 1 aromatic heterocycles. The van der Waals surface area contributed by atoms with E-state index in [4.69, 9.17) is 9.47 Å². The van der Waals surface area contributed by atoms with Crippen molar-refractivity contribution in [1.82, 2.24) is 14.8 Å². The predicted molar refractivity (Wildman–Crippen MR) is 107 cm³/mol. The van der Waals surface area contributed by atoms with Crippen LogP contribution in [0.15, 0.2) is 23.1 Å². The molecular weight excluding hydrogens is 443 g/mol. The number of rotatable bonds is 4. The van der Waals surface area contributed by atoms with Crippen molar-refractivity contribution in [2.45, 2.75) is 50.7 Å². The van der Waals surface area contributed by atoms with E-state index in [2.05, 4.69) is 5.32 Å². The molecule has 0 radical (unpaired) electrons. The highest BCUT2D eigenvalue weighted by Crippen LogP contribution is 2.38. The van der Waals surface area contributed by atoms with Crippen LogP contribution in [-0.2, 0) is 17.8 Å². The zero-order chi connectivity index (χ0) is 23.4. The average Bonchev–Trinajstić information content (AvgIpc) is 3.13. The lowest BCUT2D eigenvalue weighted by atomic mass is 10.1. The van der Waals surface area contributed by atoms with Crippen molar-refractivity contribution < 1.29 is 32.2 Å². The topological polar surface area (TPSA) is 89.9 Å². The summed E-state index contributed by atoms with van der Waals surface area (Å²) in [6.45, 7) is -0.408. The highest BCUT2D eigenvalue weighted by atomic mass is 19.1. The van der Waals surface area contributed by atoms with Gasteiger partial charge in [0.25, 0.3) is 11.8 Å². The van der Waals surface area contributed by atoms with E-state index in [1.807, 2.05) is 0 Å². The number of hydrogen-bond acceptors (Lipinski definition) is 5. The quantitative estimate of drug-likeness (QED) is 0.749. The Morgan fingerprint density at radius 1 is 1.21 bits per heavy atom. The summed E-state index contributed by atoms with van der Waals surface area (Å²) < 4.78 is 53.5. The third-order valence-electron chi connectivity index (χ3n) is 6.42. The van der Waals surface area contributed by atoms with E-state index < -0.39 is 53.0 Å². The molecule has 3 atom stereocenters. The molecule has 1 aliphatic carbocycles. The molecule has 1 N–H and O–H groups in total.